The van der Waals surface area contributed by atoms with Crippen molar-refractivity contribution >= 4 is 56.4 Å². The van der Waals surface area contributed by atoms with Gasteiger partial charge in [0.15, 0.2) is 5.69 Å². The summed E-state index contributed by atoms with van der Waals surface area (Å²) in [5.74, 6) is -0.989. The van der Waals surface area contributed by atoms with Crippen molar-refractivity contribution in [1.82, 2.24) is 10.3 Å². The molecule has 41 heavy (non-hydrogen) atoms. The van der Waals surface area contributed by atoms with E-state index in [0.717, 1.165) is 28.8 Å². The zero-order valence-corrected chi connectivity index (χ0v) is 24.8. The number of carbonyl (C=O) groups is 3. The lowest BCUT2D eigenvalue weighted by Gasteiger charge is -2.17. The summed E-state index contributed by atoms with van der Waals surface area (Å²) < 4.78 is 11.8. The molecule has 0 unspecified atom stereocenters. The minimum atomic E-state index is -0.740. The monoisotopic (exact) mass is 634 g/mol. The van der Waals surface area contributed by atoms with Crippen LogP contribution < -0.4 is 21.1 Å². The molecule has 11 heteroatoms. The predicted octanol–water partition coefficient (Wildman–Crippen LogP) is 5.94. The summed E-state index contributed by atoms with van der Waals surface area (Å²) in [5, 5.41) is 7.71. The third kappa shape index (κ3) is 5.82. The van der Waals surface area contributed by atoms with Gasteiger partial charge in [0.05, 0.1) is 13.7 Å². The number of halogens is 1. The number of benzene rings is 2. The van der Waals surface area contributed by atoms with Gasteiger partial charge < -0.3 is 25.8 Å². The molecule has 2 aromatic carbocycles. The number of fused-ring (bicyclic) bond motifs is 3. The van der Waals surface area contributed by atoms with Crippen molar-refractivity contribution in [3.63, 3.8) is 0 Å². The molecule has 0 saturated heterocycles. The fraction of sp³-hybridized carbons (Fsp3) is 0.200. The average molecular weight is 636 g/mol. The predicted molar refractivity (Wildman–Crippen MR) is 163 cm³/mol. The first-order valence-electron chi connectivity index (χ1n) is 12.9. The first-order valence-corrected chi connectivity index (χ1v) is 14.6. The maximum absolute atomic E-state index is 13.9. The maximum Gasteiger partial charge on any atom is 0.357 e. The number of methoxy groups -OCH3 is 1. The molecule has 0 aliphatic carbocycles. The Morgan fingerprint density at radius 3 is 2.66 bits per heavy atom. The second-order valence-corrected chi connectivity index (χ2v) is 11.1. The van der Waals surface area contributed by atoms with Gasteiger partial charge in [-0.25, -0.2) is 9.78 Å². The molecule has 0 bridgehead atoms. The number of nitrogens with two attached hydrogens (primary N) is 1. The van der Waals surface area contributed by atoms with E-state index >= 15 is 0 Å². The molecule has 9 nitrogen and oxygen atoms in total. The molecule has 1 aliphatic heterocycles. The number of pyridine rings is 1. The highest BCUT2D eigenvalue weighted by atomic mass is 79.9. The van der Waals surface area contributed by atoms with Crippen LogP contribution in [0.15, 0.2) is 58.4 Å². The summed E-state index contributed by atoms with van der Waals surface area (Å²) in [6.45, 7) is 2.86. The van der Waals surface area contributed by atoms with Crippen LogP contribution in [-0.4, -0.2) is 43.0 Å². The SMILES string of the molecule is CCCNC(=O)c1ccc(-c2cc3c(cc2C(=O)Nc2ccc(N)c(Br)c2)-c2sccc2CCO3)c(C(=O)OC)n1. The van der Waals surface area contributed by atoms with E-state index in [1.54, 1.807) is 47.7 Å². The largest absolute Gasteiger partial charge is 0.493 e. The van der Waals surface area contributed by atoms with Crippen LogP contribution in [-0.2, 0) is 11.2 Å². The van der Waals surface area contributed by atoms with E-state index in [2.05, 4.69) is 37.6 Å². The van der Waals surface area contributed by atoms with Gasteiger partial charge in [-0.3, -0.25) is 9.59 Å². The zero-order valence-electron chi connectivity index (χ0n) is 22.4. The highest BCUT2D eigenvalue weighted by molar-refractivity contribution is 9.10. The fourth-order valence-corrected chi connectivity index (χ4v) is 5.87. The van der Waals surface area contributed by atoms with Crippen molar-refractivity contribution in [2.45, 2.75) is 19.8 Å². The first-order chi connectivity index (χ1) is 19.8. The molecule has 0 saturated carbocycles. The van der Waals surface area contributed by atoms with E-state index in [1.807, 2.05) is 12.3 Å². The molecule has 5 rings (SSSR count). The standard InChI is InChI=1S/C30H27BrN4O5S/c1-3-10-33-29(37)24-7-5-18(26(35-24)30(38)39-2)19-15-25-21(27-16(8-11-40-25)9-12-41-27)14-20(19)28(36)34-17-4-6-23(32)22(31)13-17/h4-7,9,12-15H,3,8,10-11,32H2,1-2H3,(H,33,37)(H,34,36). The molecule has 4 aromatic rings. The number of anilines is 2. The Balaban J connectivity index is 1.68. The molecule has 2 amide bonds. The van der Waals surface area contributed by atoms with Crippen LogP contribution in [0.4, 0.5) is 11.4 Å². The quantitative estimate of drug-likeness (QED) is 0.169. The van der Waals surface area contributed by atoms with Crippen molar-refractivity contribution < 1.29 is 23.9 Å². The van der Waals surface area contributed by atoms with Gasteiger partial charge in [-0.05, 0) is 81.8 Å². The number of hydrogen-bond donors (Lipinski definition) is 3. The van der Waals surface area contributed by atoms with Gasteiger partial charge in [-0.1, -0.05) is 6.92 Å². The minimum absolute atomic E-state index is 0.0644. The summed E-state index contributed by atoms with van der Waals surface area (Å²) in [6, 6.07) is 13.8. The Bertz CT molecular complexity index is 1670. The van der Waals surface area contributed by atoms with Gasteiger partial charge in [0.1, 0.15) is 11.4 Å². The lowest BCUT2D eigenvalue weighted by molar-refractivity contribution is 0.0594. The lowest BCUT2D eigenvalue weighted by atomic mass is 9.93. The van der Waals surface area contributed by atoms with Crippen molar-refractivity contribution in [3.05, 3.63) is 80.9 Å². The zero-order chi connectivity index (χ0) is 29.1. The average Bonchev–Trinajstić information content (AvgIpc) is 3.38. The normalized spacial score (nSPS) is 11.9. The van der Waals surface area contributed by atoms with E-state index in [-0.39, 0.29) is 17.0 Å². The number of hydrogen-bond acceptors (Lipinski definition) is 8. The number of nitrogen functional groups attached to an aromatic ring is 1. The van der Waals surface area contributed by atoms with Crippen molar-refractivity contribution in [3.8, 4) is 27.3 Å². The minimum Gasteiger partial charge on any atom is -0.493 e. The van der Waals surface area contributed by atoms with Crippen LogP contribution in [0.5, 0.6) is 5.75 Å². The summed E-state index contributed by atoms with van der Waals surface area (Å²) >= 11 is 4.97. The Morgan fingerprint density at radius 2 is 1.90 bits per heavy atom. The molecule has 0 atom stereocenters. The Morgan fingerprint density at radius 1 is 1.07 bits per heavy atom. The van der Waals surface area contributed by atoms with Crippen LogP contribution >= 0.6 is 27.3 Å². The molecule has 0 fully saturated rings. The summed E-state index contributed by atoms with van der Waals surface area (Å²) in [5.41, 5.74) is 9.90. The second-order valence-electron chi connectivity index (χ2n) is 9.30. The molecular weight excluding hydrogens is 608 g/mol. The van der Waals surface area contributed by atoms with Gasteiger partial charge in [0, 0.05) is 55.9 Å². The maximum atomic E-state index is 13.9. The molecule has 0 spiro atoms. The van der Waals surface area contributed by atoms with E-state index in [0.29, 0.717) is 45.9 Å². The van der Waals surface area contributed by atoms with Gasteiger partial charge >= 0.3 is 5.97 Å². The van der Waals surface area contributed by atoms with Gasteiger partial charge in [0.25, 0.3) is 11.8 Å². The fourth-order valence-electron chi connectivity index (χ4n) is 4.51. The Kier molecular flexibility index (Phi) is 8.36. The highest BCUT2D eigenvalue weighted by Gasteiger charge is 2.27. The number of nitrogens with one attached hydrogen (secondary N) is 2. The molecule has 2 aromatic heterocycles. The van der Waals surface area contributed by atoms with E-state index in [9.17, 15) is 14.4 Å². The first kappa shape index (κ1) is 28.3. The van der Waals surface area contributed by atoms with Crippen LogP contribution in [0.3, 0.4) is 0 Å². The number of esters is 1. The van der Waals surface area contributed by atoms with Crippen molar-refractivity contribution in [2.24, 2.45) is 0 Å². The van der Waals surface area contributed by atoms with Crippen LogP contribution in [0, 0.1) is 0 Å². The Hall–Kier alpha value is -4.22. The van der Waals surface area contributed by atoms with Crippen LogP contribution in [0.2, 0.25) is 0 Å². The smallest absolute Gasteiger partial charge is 0.357 e. The van der Waals surface area contributed by atoms with Gasteiger partial charge in [-0.15, -0.1) is 11.3 Å². The Labute approximate surface area is 249 Å². The van der Waals surface area contributed by atoms with Crippen molar-refractivity contribution in [2.75, 3.05) is 31.3 Å². The third-order valence-corrected chi connectivity index (χ3v) is 8.25. The summed E-state index contributed by atoms with van der Waals surface area (Å²) in [4.78, 5) is 44.8. The van der Waals surface area contributed by atoms with E-state index in [4.69, 9.17) is 15.2 Å². The summed E-state index contributed by atoms with van der Waals surface area (Å²) in [6.07, 6.45) is 1.47. The number of ether oxygens (including phenoxy) is 2. The topological polar surface area (TPSA) is 133 Å². The van der Waals surface area contributed by atoms with Gasteiger partial charge in [-0.2, -0.15) is 0 Å². The van der Waals surface area contributed by atoms with Gasteiger partial charge in [0.2, 0.25) is 0 Å². The lowest BCUT2D eigenvalue weighted by Crippen LogP contribution is -2.26. The molecule has 3 heterocycles. The molecular formula is C30H27BrN4O5S. The third-order valence-electron chi connectivity index (χ3n) is 6.58. The van der Waals surface area contributed by atoms with Crippen LogP contribution in [0.25, 0.3) is 21.6 Å². The number of aromatic nitrogens is 1. The molecule has 4 N–H and O–H groups in total. The summed E-state index contributed by atoms with van der Waals surface area (Å²) in [7, 11) is 1.24. The molecule has 210 valence electrons. The number of rotatable bonds is 7. The van der Waals surface area contributed by atoms with E-state index in [1.165, 1.54) is 13.2 Å². The second kappa shape index (κ2) is 12.1. The van der Waals surface area contributed by atoms with Crippen LogP contribution in [0.1, 0.15) is 50.2 Å². The number of carbonyl (C=O) groups excluding carboxylic acids is 3. The molecule has 0 radical (unpaired) electrons. The van der Waals surface area contributed by atoms with Crippen molar-refractivity contribution in [1.29, 1.82) is 0 Å². The highest BCUT2D eigenvalue weighted by Crippen LogP contribution is 2.43. The van der Waals surface area contributed by atoms with E-state index < -0.39 is 17.8 Å². The number of thiophene rings is 1. The number of nitrogens with zero attached hydrogens (tertiary/aromatic N) is 1. The number of amides is 2. The molecule has 1 aliphatic rings.